The summed E-state index contributed by atoms with van der Waals surface area (Å²) in [7, 11) is 2.89. The maximum Gasteiger partial charge on any atom is 0.255 e. The van der Waals surface area contributed by atoms with E-state index < -0.39 is 29.0 Å². The zero-order chi connectivity index (χ0) is 30.3. The van der Waals surface area contributed by atoms with E-state index >= 15 is 4.39 Å². The minimum absolute atomic E-state index is 0.0186. The van der Waals surface area contributed by atoms with Gasteiger partial charge in [-0.1, -0.05) is 6.07 Å². The number of nitrogens with one attached hydrogen (secondary N) is 2. The van der Waals surface area contributed by atoms with Gasteiger partial charge in [0, 0.05) is 24.4 Å². The van der Waals surface area contributed by atoms with Gasteiger partial charge in [0.05, 0.1) is 42.5 Å². The molecule has 10 heteroatoms. The molecule has 3 aromatic carbocycles. The molecule has 0 atom stereocenters. The molecule has 0 saturated carbocycles. The van der Waals surface area contributed by atoms with Gasteiger partial charge in [-0.05, 0) is 78.7 Å². The fourth-order valence-corrected chi connectivity index (χ4v) is 5.34. The predicted octanol–water partition coefficient (Wildman–Crippen LogP) is 5.77. The van der Waals surface area contributed by atoms with E-state index in [1.165, 1.54) is 44.5 Å². The summed E-state index contributed by atoms with van der Waals surface area (Å²) >= 11 is 0. The number of methoxy groups -OCH3 is 1. The number of pyridine rings is 1. The number of ether oxygens (including phenoxy) is 2. The highest BCUT2D eigenvalue weighted by atomic mass is 19.1. The van der Waals surface area contributed by atoms with E-state index in [0.29, 0.717) is 28.1 Å². The molecule has 1 saturated heterocycles. The standard InChI is InChI=1S/C33H27F2N3O5/c1-18-14-25(41-3)23(31(39)38-33(16-42-17-33)26-6-4-5-13-37-26)15-22(18)21-11-12-24-27(29(21)35)28(32(40)36-2)30(43-24)19-7-9-20(34)10-8-19/h4-15H,16-17H2,1-3H3,(H,36,40)(H,38,39). The molecule has 0 unspecified atom stereocenters. The number of carbonyl (C=O) groups is 2. The Bertz CT molecular complexity index is 1870. The third-order valence-electron chi connectivity index (χ3n) is 7.64. The zero-order valence-electron chi connectivity index (χ0n) is 23.6. The van der Waals surface area contributed by atoms with Crippen LogP contribution in [0.1, 0.15) is 32.0 Å². The van der Waals surface area contributed by atoms with E-state index in [4.69, 9.17) is 13.9 Å². The molecule has 1 aliphatic rings. The number of nitrogens with zero attached hydrogens (tertiary/aromatic N) is 1. The molecule has 3 heterocycles. The van der Waals surface area contributed by atoms with Gasteiger partial charge < -0.3 is 24.5 Å². The quantitative estimate of drug-likeness (QED) is 0.252. The van der Waals surface area contributed by atoms with Crippen molar-refractivity contribution in [1.29, 1.82) is 0 Å². The number of aromatic nitrogens is 1. The van der Waals surface area contributed by atoms with Gasteiger partial charge in [0.2, 0.25) is 0 Å². The molecule has 1 fully saturated rings. The number of hydrogen-bond acceptors (Lipinski definition) is 6. The molecule has 8 nitrogen and oxygen atoms in total. The van der Waals surface area contributed by atoms with Crippen LogP contribution < -0.4 is 15.4 Å². The van der Waals surface area contributed by atoms with Crippen molar-refractivity contribution in [3.63, 3.8) is 0 Å². The van der Waals surface area contributed by atoms with E-state index in [-0.39, 0.29) is 46.6 Å². The normalized spacial score (nSPS) is 13.8. The van der Waals surface area contributed by atoms with Crippen LogP contribution in [0.5, 0.6) is 5.75 Å². The predicted molar refractivity (Wildman–Crippen MR) is 156 cm³/mol. The number of fused-ring (bicyclic) bond motifs is 1. The first kappa shape index (κ1) is 28.0. The highest BCUT2D eigenvalue weighted by Crippen LogP contribution is 2.40. The number of aryl methyl sites for hydroxylation is 1. The number of furan rings is 1. The van der Waals surface area contributed by atoms with Gasteiger partial charge in [-0.3, -0.25) is 14.6 Å². The number of benzene rings is 3. The van der Waals surface area contributed by atoms with Crippen molar-refractivity contribution in [3.05, 3.63) is 107 Å². The summed E-state index contributed by atoms with van der Waals surface area (Å²) in [5.74, 6) is -1.75. The lowest BCUT2D eigenvalue weighted by Crippen LogP contribution is -2.59. The lowest BCUT2D eigenvalue weighted by Gasteiger charge is -2.41. The van der Waals surface area contributed by atoms with Gasteiger partial charge in [-0.2, -0.15) is 0 Å². The monoisotopic (exact) mass is 583 g/mol. The molecular weight excluding hydrogens is 556 g/mol. The van der Waals surface area contributed by atoms with Gasteiger partial charge in [0.25, 0.3) is 11.8 Å². The van der Waals surface area contributed by atoms with Crippen LogP contribution in [-0.4, -0.2) is 44.2 Å². The largest absolute Gasteiger partial charge is 0.496 e. The fraction of sp³-hybridized carbons (Fsp3) is 0.182. The van der Waals surface area contributed by atoms with Crippen LogP contribution in [0.15, 0.2) is 77.3 Å². The topological polar surface area (TPSA) is 103 Å². The van der Waals surface area contributed by atoms with Gasteiger partial charge in [0.1, 0.15) is 34.3 Å². The molecular formula is C33H27F2N3O5. The van der Waals surface area contributed by atoms with Gasteiger partial charge in [-0.15, -0.1) is 0 Å². The molecule has 0 bridgehead atoms. The van der Waals surface area contributed by atoms with Crippen molar-refractivity contribution in [2.45, 2.75) is 12.5 Å². The molecule has 1 aliphatic heterocycles. The lowest BCUT2D eigenvalue weighted by atomic mass is 9.90. The minimum atomic E-state index is -0.811. The van der Waals surface area contributed by atoms with Crippen LogP contribution in [0.4, 0.5) is 8.78 Å². The van der Waals surface area contributed by atoms with Crippen LogP contribution >= 0.6 is 0 Å². The van der Waals surface area contributed by atoms with Crippen LogP contribution in [-0.2, 0) is 10.3 Å². The van der Waals surface area contributed by atoms with Gasteiger partial charge in [0.15, 0.2) is 0 Å². The summed E-state index contributed by atoms with van der Waals surface area (Å²) in [6.45, 7) is 2.28. The Kier molecular flexibility index (Phi) is 7.15. The van der Waals surface area contributed by atoms with E-state index in [2.05, 4.69) is 15.6 Å². The first-order valence-corrected chi connectivity index (χ1v) is 13.5. The van der Waals surface area contributed by atoms with Gasteiger partial charge >= 0.3 is 0 Å². The molecule has 0 radical (unpaired) electrons. The van der Waals surface area contributed by atoms with Crippen molar-refractivity contribution >= 4 is 22.8 Å². The maximum absolute atomic E-state index is 16.5. The smallest absolute Gasteiger partial charge is 0.255 e. The number of rotatable bonds is 7. The number of hydrogen-bond donors (Lipinski definition) is 2. The molecule has 218 valence electrons. The number of halogens is 2. The Morgan fingerprint density at radius 1 is 0.977 bits per heavy atom. The lowest BCUT2D eigenvalue weighted by molar-refractivity contribution is -0.0755. The minimum Gasteiger partial charge on any atom is -0.496 e. The third-order valence-corrected chi connectivity index (χ3v) is 7.64. The van der Waals surface area contributed by atoms with E-state index in [1.807, 2.05) is 12.1 Å². The summed E-state index contributed by atoms with van der Waals surface area (Å²) in [5, 5.41) is 5.55. The molecule has 2 aromatic heterocycles. The highest BCUT2D eigenvalue weighted by molar-refractivity contribution is 6.12. The first-order valence-electron chi connectivity index (χ1n) is 13.5. The number of carbonyl (C=O) groups excluding carboxylic acids is 2. The first-order chi connectivity index (χ1) is 20.8. The fourth-order valence-electron chi connectivity index (χ4n) is 5.34. The Hall–Kier alpha value is -5.09. The summed E-state index contributed by atoms with van der Waals surface area (Å²) in [6, 6.07) is 17.2. The van der Waals surface area contributed by atoms with E-state index in [0.717, 1.165) is 0 Å². The average molecular weight is 584 g/mol. The van der Waals surface area contributed by atoms with Crippen molar-refractivity contribution in [1.82, 2.24) is 15.6 Å². The Morgan fingerprint density at radius 3 is 2.37 bits per heavy atom. The summed E-state index contributed by atoms with van der Waals surface area (Å²) in [5.41, 5.74) is 1.81. The zero-order valence-corrected chi connectivity index (χ0v) is 23.6. The molecule has 0 aliphatic carbocycles. The average Bonchev–Trinajstić information content (AvgIpc) is 3.40. The molecule has 2 N–H and O–H groups in total. The molecule has 5 aromatic rings. The van der Waals surface area contributed by atoms with Crippen LogP contribution in [0, 0.1) is 18.6 Å². The van der Waals surface area contributed by atoms with Crippen LogP contribution in [0.25, 0.3) is 33.4 Å². The Labute approximate surface area is 245 Å². The van der Waals surface area contributed by atoms with Crippen molar-refractivity contribution in [2.24, 2.45) is 0 Å². The van der Waals surface area contributed by atoms with Crippen LogP contribution in [0.3, 0.4) is 0 Å². The number of amides is 2. The van der Waals surface area contributed by atoms with Gasteiger partial charge in [-0.25, -0.2) is 8.78 Å². The summed E-state index contributed by atoms with van der Waals surface area (Å²) in [6.07, 6.45) is 1.65. The Balaban J connectivity index is 1.47. The summed E-state index contributed by atoms with van der Waals surface area (Å²) < 4.78 is 47.0. The van der Waals surface area contributed by atoms with E-state index in [1.54, 1.807) is 37.4 Å². The second-order valence-electron chi connectivity index (χ2n) is 10.3. The molecule has 6 rings (SSSR count). The maximum atomic E-state index is 16.5. The second-order valence-corrected chi connectivity index (χ2v) is 10.3. The van der Waals surface area contributed by atoms with Crippen molar-refractivity contribution in [3.8, 4) is 28.2 Å². The summed E-state index contributed by atoms with van der Waals surface area (Å²) in [4.78, 5) is 31.1. The third kappa shape index (κ3) is 4.79. The van der Waals surface area contributed by atoms with Crippen molar-refractivity contribution < 1.29 is 32.3 Å². The van der Waals surface area contributed by atoms with Crippen LogP contribution in [0.2, 0.25) is 0 Å². The molecule has 43 heavy (non-hydrogen) atoms. The highest BCUT2D eigenvalue weighted by Gasteiger charge is 2.43. The second kappa shape index (κ2) is 11.0. The Morgan fingerprint density at radius 2 is 1.74 bits per heavy atom. The molecule has 0 spiro atoms. The van der Waals surface area contributed by atoms with Crippen molar-refractivity contribution in [2.75, 3.05) is 27.4 Å². The SMILES string of the molecule is CNC(=O)c1c(-c2ccc(F)cc2)oc2ccc(-c3cc(C(=O)NC4(c5ccccn5)COC4)c(OC)cc3C)c(F)c12. The van der Waals surface area contributed by atoms with E-state index in [9.17, 15) is 14.0 Å². The molecule has 2 amide bonds.